The monoisotopic (exact) mass is 512 g/mol. The summed E-state index contributed by atoms with van der Waals surface area (Å²) in [7, 11) is 0. The van der Waals surface area contributed by atoms with Gasteiger partial charge in [-0.05, 0) is 23.6 Å². The van der Waals surface area contributed by atoms with Gasteiger partial charge in [0.1, 0.15) is 0 Å². The van der Waals surface area contributed by atoms with Gasteiger partial charge < -0.3 is 29.4 Å². The number of benzene rings is 2. The number of nitrogens with one attached hydrogen (secondary N) is 1. The van der Waals surface area contributed by atoms with E-state index in [1.165, 1.54) is 6.92 Å². The van der Waals surface area contributed by atoms with Gasteiger partial charge in [0.15, 0.2) is 12.4 Å². The Hall–Kier alpha value is -2.82. The van der Waals surface area contributed by atoms with Gasteiger partial charge in [-0.2, -0.15) is 0 Å². The number of nitrogens with zero attached hydrogens (tertiary/aromatic N) is 1. The van der Waals surface area contributed by atoms with Crippen LogP contribution in [0, 0.1) is 0 Å². The zero-order chi connectivity index (χ0) is 26.2. The SMILES string of the molecule is CC(=O)O[C@@H](C)C(=O)NCc1ccc([C@H]2O[C@@H](CN3CCOCC3)C[C@@H](c3ccc(CO)cc3)O2)cc1. The number of esters is 1. The van der Waals surface area contributed by atoms with Gasteiger partial charge in [-0.3, -0.25) is 14.5 Å². The Morgan fingerprint density at radius 3 is 2.32 bits per heavy atom. The van der Waals surface area contributed by atoms with Gasteiger partial charge in [-0.25, -0.2) is 0 Å². The van der Waals surface area contributed by atoms with Gasteiger partial charge >= 0.3 is 5.97 Å². The van der Waals surface area contributed by atoms with Crippen LogP contribution >= 0.6 is 0 Å². The lowest BCUT2D eigenvalue weighted by molar-refractivity contribution is -0.253. The molecule has 4 rings (SSSR count). The zero-order valence-corrected chi connectivity index (χ0v) is 21.4. The molecule has 1 amide bonds. The number of aliphatic hydroxyl groups excluding tert-OH is 1. The minimum absolute atomic E-state index is 0.00661. The summed E-state index contributed by atoms with van der Waals surface area (Å²) in [5.74, 6) is -0.840. The van der Waals surface area contributed by atoms with Crippen molar-refractivity contribution in [1.82, 2.24) is 10.2 Å². The summed E-state index contributed by atoms with van der Waals surface area (Å²) in [5.41, 5.74) is 3.72. The molecule has 37 heavy (non-hydrogen) atoms. The number of aliphatic hydroxyl groups is 1. The Morgan fingerprint density at radius 2 is 1.68 bits per heavy atom. The molecule has 2 N–H and O–H groups in total. The van der Waals surface area contributed by atoms with Crippen LogP contribution in [0.1, 0.15) is 54.9 Å². The number of amides is 1. The second kappa shape index (κ2) is 13.1. The fourth-order valence-electron chi connectivity index (χ4n) is 4.53. The van der Waals surface area contributed by atoms with E-state index in [1.54, 1.807) is 6.92 Å². The van der Waals surface area contributed by atoms with Gasteiger partial charge in [0.25, 0.3) is 5.91 Å². The van der Waals surface area contributed by atoms with Crippen LogP contribution in [-0.4, -0.2) is 66.9 Å². The van der Waals surface area contributed by atoms with Gasteiger partial charge in [-0.15, -0.1) is 0 Å². The molecule has 0 saturated carbocycles. The van der Waals surface area contributed by atoms with Crippen molar-refractivity contribution in [3.05, 3.63) is 70.8 Å². The molecule has 2 heterocycles. The van der Waals surface area contributed by atoms with Crippen LogP contribution in [-0.2, 0) is 41.7 Å². The van der Waals surface area contributed by atoms with Crippen LogP contribution in [0.2, 0.25) is 0 Å². The first-order chi connectivity index (χ1) is 17.9. The first-order valence-corrected chi connectivity index (χ1v) is 12.8. The predicted octanol–water partition coefficient (Wildman–Crippen LogP) is 2.62. The van der Waals surface area contributed by atoms with E-state index in [-0.39, 0.29) is 24.7 Å². The minimum Gasteiger partial charge on any atom is -0.453 e. The predicted molar refractivity (Wildman–Crippen MR) is 135 cm³/mol. The Bertz CT molecular complexity index is 1020. The Balaban J connectivity index is 1.42. The van der Waals surface area contributed by atoms with Crippen molar-refractivity contribution in [3.8, 4) is 0 Å². The van der Waals surface area contributed by atoms with Gasteiger partial charge in [-0.1, -0.05) is 48.5 Å². The summed E-state index contributed by atoms with van der Waals surface area (Å²) in [4.78, 5) is 25.5. The van der Waals surface area contributed by atoms with Crippen molar-refractivity contribution in [1.29, 1.82) is 0 Å². The van der Waals surface area contributed by atoms with E-state index in [4.69, 9.17) is 18.9 Å². The number of carbonyl (C=O) groups excluding carboxylic acids is 2. The molecule has 9 nitrogen and oxygen atoms in total. The van der Waals surface area contributed by atoms with Gasteiger partial charge in [0.05, 0.1) is 32.0 Å². The highest BCUT2D eigenvalue weighted by atomic mass is 16.7. The molecule has 0 bridgehead atoms. The summed E-state index contributed by atoms with van der Waals surface area (Å²) in [5, 5.41) is 12.2. The topological polar surface area (TPSA) is 107 Å². The molecular formula is C28H36N2O7. The molecule has 4 atom stereocenters. The third-order valence-corrected chi connectivity index (χ3v) is 6.61. The lowest BCUT2D eigenvalue weighted by Gasteiger charge is -2.39. The number of hydrogen-bond acceptors (Lipinski definition) is 8. The number of carbonyl (C=O) groups is 2. The van der Waals surface area contributed by atoms with Crippen LogP contribution in [0.3, 0.4) is 0 Å². The molecular weight excluding hydrogens is 476 g/mol. The normalized spacial score (nSPS) is 23.3. The van der Waals surface area contributed by atoms with Crippen molar-refractivity contribution < 1.29 is 33.6 Å². The molecule has 2 aromatic carbocycles. The summed E-state index contributed by atoms with van der Waals surface area (Å²) >= 11 is 0. The van der Waals surface area contributed by atoms with Gasteiger partial charge in [0, 0.05) is 45.1 Å². The summed E-state index contributed by atoms with van der Waals surface area (Å²) < 4.78 is 23.2. The van der Waals surface area contributed by atoms with E-state index in [2.05, 4.69) is 10.2 Å². The van der Waals surface area contributed by atoms with Crippen LogP contribution in [0.25, 0.3) is 0 Å². The summed E-state index contributed by atoms with van der Waals surface area (Å²) in [6.45, 7) is 7.18. The summed E-state index contributed by atoms with van der Waals surface area (Å²) in [6, 6.07) is 15.6. The fourth-order valence-corrected chi connectivity index (χ4v) is 4.53. The molecule has 0 aromatic heterocycles. The molecule has 200 valence electrons. The molecule has 0 radical (unpaired) electrons. The minimum atomic E-state index is -0.840. The van der Waals surface area contributed by atoms with Crippen molar-refractivity contribution in [2.24, 2.45) is 0 Å². The van der Waals surface area contributed by atoms with E-state index in [1.807, 2.05) is 48.5 Å². The second-order valence-electron chi connectivity index (χ2n) is 9.47. The molecule has 2 aliphatic rings. The van der Waals surface area contributed by atoms with E-state index in [9.17, 15) is 14.7 Å². The summed E-state index contributed by atoms with van der Waals surface area (Å²) in [6.07, 6.45) is -0.792. The Kier molecular flexibility index (Phi) is 9.65. The number of morpholine rings is 1. The first-order valence-electron chi connectivity index (χ1n) is 12.8. The lowest BCUT2D eigenvalue weighted by Crippen LogP contribution is -2.44. The van der Waals surface area contributed by atoms with Crippen LogP contribution in [0.4, 0.5) is 0 Å². The molecule has 2 saturated heterocycles. The fraction of sp³-hybridized carbons (Fsp3) is 0.500. The van der Waals surface area contributed by atoms with E-state index in [0.29, 0.717) is 6.54 Å². The smallest absolute Gasteiger partial charge is 0.303 e. The van der Waals surface area contributed by atoms with Crippen LogP contribution in [0.15, 0.2) is 48.5 Å². The number of rotatable bonds is 9. The average molecular weight is 513 g/mol. The maximum atomic E-state index is 12.1. The Morgan fingerprint density at radius 1 is 1.03 bits per heavy atom. The third kappa shape index (κ3) is 7.83. The van der Waals surface area contributed by atoms with E-state index in [0.717, 1.165) is 61.5 Å². The Labute approximate surface area is 217 Å². The van der Waals surface area contributed by atoms with Crippen molar-refractivity contribution in [2.45, 2.75) is 58.0 Å². The highest BCUT2D eigenvalue weighted by Gasteiger charge is 2.33. The maximum Gasteiger partial charge on any atom is 0.303 e. The highest BCUT2D eigenvalue weighted by molar-refractivity contribution is 5.82. The van der Waals surface area contributed by atoms with Crippen LogP contribution < -0.4 is 5.32 Å². The molecule has 2 aromatic rings. The standard InChI is InChI=1S/C28H36N2O7/c1-19(35-20(2)32)27(33)29-16-21-3-9-24(10-4-21)28-36-25(17-30-11-13-34-14-12-30)15-26(37-28)23-7-5-22(18-31)6-8-23/h3-10,19,25-26,28,31H,11-18H2,1-2H3,(H,29,33)/t19-,25+,26-,28-/m0/s1. The van der Waals surface area contributed by atoms with E-state index >= 15 is 0 Å². The van der Waals surface area contributed by atoms with Crippen molar-refractivity contribution in [2.75, 3.05) is 32.8 Å². The maximum absolute atomic E-state index is 12.1. The van der Waals surface area contributed by atoms with E-state index < -0.39 is 18.4 Å². The molecule has 0 unspecified atom stereocenters. The molecule has 9 heteroatoms. The zero-order valence-electron chi connectivity index (χ0n) is 21.4. The largest absolute Gasteiger partial charge is 0.453 e. The molecule has 0 spiro atoms. The van der Waals surface area contributed by atoms with Gasteiger partial charge in [0.2, 0.25) is 0 Å². The quantitative estimate of drug-likeness (QED) is 0.494. The van der Waals surface area contributed by atoms with Crippen molar-refractivity contribution >= 4 is 11.9 Å². The van der Waals surface area contributed by atoms with Crippen molar-refractivity contribution in [3.63, 3.8) is 0 Å². The third-order valence-electron chi connectivity index (χ3n) is 6.61. The first kappa shape index (κ1) is 27.2. The second-order valence-corrected chi connectivity index (χ2v) is 9.47. The molecule has 2 fully saturated rings. The molecule has 0 aliphatic carbocycles. The molecule has 2 aliphatic heterocycles. The highest BCUT2D eigenvalue weighted by Crippen LogP contribution is 2.38. The lowest BCUT2D eigenvalue weighted by atomic mass is 9.99. The van der Waals surface area contributed by atoms with Crippen LogP contribution in [0.5, 0.6) is 0 Å². The number of hydrogen-bond donors (Lipinski definition) is 2. The average Bonchev–Trinajstić information content (AvgIpc) is 2.92. The number of ether oxygens (including phenoxy) is 4.